The van der Waals surface area contributed by atoms with Gasteiger partial charge in [0.1, 0.15) is 5.72 Å². The lowest BCUT2D eigenvalue weighted by molar-refractivity contribution is -0.118. The van der Waals surface area contributed by atoms with E-state index in [1.165, 1.54) is 7.11 Å². The zero-order chi connectivity index (χ0) is 21.9. The molecule has 5 N–H and O–H groups in total. The van der Waals surface area contributed by atoms with E-state index in [4.69, 9.17) is 14.1 Å². The molecular formula is C20H28N2O7S. The molecule has 1 aromatic rings. The Morgan fingerprint density at radius 3 is 2.60 bits per heavy atom. The van der Waals surface area contributed by atoms with Gasteiger partial charge in [-0.05, 0) is 79.5 Å². The minimum Gasteiger partial charge on any atom is -0.493 e. The van der Waals surface area contributed by atoms with E-state index in [0.717, 1.165) is 36.8 Å². The first-order valence-electron chi connectivity index (χ1n) is 10.1. The third kappa shape index (κ3) is 3.30. The van der Waals surface area contributed by atoms with Crippen LogP contribution in [0.4, 0.5) is 4.79 Å². The Balaban J connectivity index is 1.67. The van der Waals surface area contributed by atoms with E-state index in [1.807, 2.05) is 13.0 Å². The maximum absolute atomic E-state index is 11.4. The molecule has 0 unspecified atom stereocenters. The second kappa shape index (κ2) is 7.00. The fraction of sp³-hybridized carbons (Fsp3) is 0.650. The predicted molar refractivity (Wildman–Crippen MR) is 107 cm³/mol. The monoisotopic (exact) mass is 440 g/mol. The van der Waals surface area contributed by atoms with E-state index in [2.05, 4.69) is 5.32 Å². The van der Waals surface area contributed by atoms with Crippen LogP contribution in [0.2, 0.25) is 0 Å². The van der Waals surface area contributed by atoms with E-state index in [-0.39, 0.29) is 17.6 Å². The molecule has 3 aliphatic carbocycles. The van der Waals surface area contributed by atoms with E-state index >= 15 is 0 Å². The number of carbonyl (C=O) groups is 1. The van der Waals surface area contributed by atoms with Crippen LogP contribution in [0, 0.1) is 17.3 Å². The second-order valence-electron chi connectivity index (χ2n) is 8.98. The van der Waals surface area contributed by atoms with E-state index in [9.17, 15) is 23.4 Å². The van der Waals surface area contributed by atoms with Gasteiger partial charge in [-0.25, -0.2) is 4.79 Å². The van der Waals surface area contributed by atoms with E-state index in [0.29, 0.717) is 24.5 Å². The number of aryl methyl sites for hydroxylation is 1. The summed E-state index contributed by atoms with van der Waals surface area (Å²) >= 11 is 0. The fourth-order valence-electron chi connectivity index (χ4n) is 6.33. The van der Waals surface area contributed by atoms with Crippen LogP contribution in [-0.2, 0) is 16.7 Å². The van der Waals surface area contributed by atoms with Gasteiger partial charge in [0.05, 0.1) is 7.11 Å². The summed E-state index contributed by atoms with van der Waals surface area (Å²) in [5, 5.41) is 27.8. The van der Waals surface area contributed by atoms with Gasteiger partial charge in [0.15, 0.2) is 11.5 Å². The van der Waals surface area contributed by atoms with Crippen LogP contribution < -0.4 is 19.4 Å². The topological polar surface area (TPSA) is 148 Å². The first-order valence-corrected chi connectivity index (χ1v) is 11.6. The molecule has 0 radical (unpaired) electrons. The van der Waals surface area contributed by atoms with Gasteiger partial charge in [-0.3, -0.25) is 5.32 Å². The number of hydrogen-bond donors (Lipinski definition) is 4. The summed E-state index contributed by atoms with van der Waals surface area (Å²) in [6.07, 6.45) is 3.05. The molecule has 0 saturated heterocycles. The van der Waals surface area contributed by atoms with Gasteiger partial charge in [-0.15, -0.1) is 0 Å². The Hall–Kier alpha value is -2.04. The van der Waals surface area contributed by atoms with Crippen molar-refractivity contribution in [2.45, 2.75) is 57.1 Å². The van der Waals surface area contributed by atoms with Crippen molar-refractivity contribution in [1.82, 2.24) is 5.32 Å². The van der Waals surface area contributed by atoms with Crippen molar-refractivity contribution in [3.8, 4) is 11.5 Å². The average Bonchev–Trinajstić information content (AvgIpc) is 2.90. The predicted octanol–water partition coefficient (Wildman–Crippen LogP) is 2.09. The summed E-state index contributed by atoms with van der Waals surface area (Å²) in [5.41, 5.74) is 0.175. The van der Waals surface area contributed by atoms with Crippen molar-refractivity contribution in [1.29, 1.82) is 0 Å². The first kappa shape index (κ1) is 21.2. The SMILES string of the molecule is COc1cc2c(cc1OS(N)(=O)=O)CC[C@@H]1[C@@H]2CC[C@@]2(C)[C@H]1CC[C@@]2(O)NC(=O)O. The van der Waals surface area contributed by atoms with E-state index < -0.39 is 27.5 Å². The summed E-state index contributed by atoms with van der Waals surface area (Å²) in [5.74, 6) is 1.12. The maximum atomic E-state index is 11.4. The smallest absolute Gasteiger partial charge is 0.406 e. The molecule has 0 heterocycles. The van der Waals surface area contributed by atoms with Crippen LogP contribution in [-0.4, -0.2) is 37.6 Å². The highest BCUT2D eigenvalue weighted by molar-refractivity contribution is 7.84. The number of methoxy groups -OCH3 is 1. The van der Waals surface area contributed by atoms with Crippen molar-refractivity contribution >= 4 is 16.4 Å². The van der Waals surface area contributed by atoms with Gasteiger partial charge in [0, 0.05) is 5.41 Å². The number of amides is 1. The number of carboxylic acid groups (broad SMARTS) is 1. The fourth-order valence-corrected chi connectivity index (χ4v) is 6.71. The van der Waals surface area contributed by atoms with E-state index in [1.54, 1.807) is 6.07 Å². The highest BCUT2D eigenvalue weighted by atomic mass is 32.2. The molecule has 5 atom stereocenters. The number of ether oxygens (including phenoxy) is 1. The van der Waals surface area contributed by atoms with Gasteiger partial charge in [0.2, 0.25) is 0 Å². The summed E-state index contributed by atoms with van der Waals surface area (Å²) in [7, 11) is -2.72. The largest absolute Gasteiger partial charge is 0.493 e. The summed E-state index contributed by atoms with van der Waals surface area (Å²) in [6.45, 7) is 2.00. The molecule has 166 valence electrons. The molecule has 1 aromatic carbocycles. The number of benzene rings is 1. The first-order chi connectivity index (χ1) is 14.0. The normalized spacial score (nSPS) is 35.0. The number of rotatable bonds is 4. The number of fused-ring (bicyclic) bond motifs is 5. The summed E-state index contributed by atoms with van der Waals surface area (Å²) in [4.78, 5) is 11.3. The lowest BCUT2D eigenvalue weighted by atomic mass is 9.54. The molecule has 0 spiro atoms. The zero-order valence-corrected chi connectivity index (χ0v) is 17.9. The molecule has 0 aromatic heterocycles. The van der Waals surface area contributed by atoms with Crippen molar-refractivity contribution in [2.24, 2.45) is 22.4 Å². The number of nitrogens with one attached hydrogen (secondary N) is 1. The number of aliphatic hydroxyl groups is 1. The Labute approximate surface area is 175 Å². The van der Waals surface area contributed by atoms with Crippen LogP contribution in [0.3, 0.4) is 0 Å². The molecule has 9 nitrogen and oxygen atoms in total. The highest BCUT2D eigenvalue weighted by Gasteiger charge is 2.62. The van der Waals surface area contributed by atoms with Crippen LogP contribution in [0.15, 0.2) is 12.1 Å². The quantitative estimate of drug-likeness (QED) is 0.524. The molecule has 0 bridgehead atoms. The van der Waals surface area contributed by atoms with Gasteiger partial charge in [-0.2, -0.15) is 13.6 Å². The molecule has 4 rings (SSSR count). The summed E-state index contributed by atoms with van der Waals surface area (Å²) < 4.78 is 33.0. The Kier molecular flexibility index (Phi) is 4.94. The third-order valence-corrected chi connectivity index (χ3v) is 8.09. The van der Waals surface area contributed by atoms with Crippen LogP contribution >= 0.6 is 0 Å². The standard InChI is InChI=1S/C20H28N2O7S/c1-19-7-5-12-13(15(19)6-8-20(19,25)22-18(23)24)4-3-11-9-17(29-30(21,26)27)16(28-2)10-14(11)12/h9-10,12-13,15,22,25H,3-8H2,1-2H3,(H,23,24)(H2,21,26,27)/t12-,13+,15-,19-,20-/m0/s1. The molecule has 3 aliphatic rings. The zero-order valence-electron chi connectivity index (χ0n) is 17.1. The van der Waals surface area contributed by atoms with Crippen LogP contribution in [0.25, 0.3) is 0 Å². The molecule has 2 saturated carbocycles. The molecule has 30 heavy (non-hydrogen) atoms. The minimum atomic E-state index is -4.17. The van der Waals surface area contributed by atoms with Crippen molar-refractivity contribution in [3.05, 3.63) is 23.3 Å². The van der Waals surface area contributed by atoms with Gasteiger partial charge < -0.3 is 19.1 Å². The third-order valence-electron chi connectivity index (χ3n) is 7.68. The highest BCUT2D eigenvalue weighted by Crippen LogP contribution is 2.63. The lowest BCUT2D eigenvalue weighted by Crippen LogP contribution is -2.59. The van der Waals surface area contributed by atoms with Gasteiger partial charge in [-0.1, -0.05) is 6.92 Å². The van der Waals surface area contributed by atoms with Crippen molar-refractivity contribution in [2.75, 3.05) is 7.11 Å². The molecule has 2 fully saturated rings. The number of hydrogen-bond acceptors (Lipinski definition) is 6. The van der Waals surface area contributed by atoms with Gasteiger partial charge in [0.25, 0.3) is 0 Å². The second-order valence-corrected chi connectivity index (χ2v) is 10.1. The van der Waals surface area contributed by atoms with Crippen LogP contribution in [0.5, 0.6) is 11.5 Å². The van der Waals surface area contributed by atoms with Crippen LogP contribution in [0.1, 0.15) is 56.1 Å². The number of nitrogens with two attached hydrogens (primary N) is 1. The molecule has 10 heteroatoms. The minimum absolute atomic E-state index is 0.0822. The van der Waals surface area contributed by atoms with Gasteiger partial charge >= 0.3 is 16.4 Å². The molecular weight excluding hydrogens is 412 g/mol. The van der Waals surface area contributed by atoms with Crippen molar-refractivity contribution in [3.63, 3.8) is 0 Å². The Bertz CT molecular complexity index is 982. The Morgan fingerprint density at radius 1 is 1.23 bits per heavy atom. The average molecular weight is 441 g/mol. The van der Waals surface area contributed by atoms with Crippen molar-refractivity contribution < 1.29 is 32.3 Å². The lowest BCUT2D eigenvalue weighted by Gasteiger charge is -2.53. The maximum Gasteiger partial charge on any atom is 0.406 e. The molecule has 0 aliphatic heterocycles. The molecule has 1 amide bonds. The Morgan fingerprint density at radius 2 is 1.97 bits per heavy atom. The summed E-state index contributed by atoms with van der Waals surface area (Å²) in [6, 6.07) is 3.53.